The molecule has 0 unspecified atom stereocenters. The number of benzene rings is 1. The maximum Gasteiger partial charge on any atom is 0.281 e. The van der Waals surface area contributed by atoms with E-state index in [1.807, 2.05) is 0 Å². The molecular formula is C12H16Cl2N2O3S. The van der Waals surface area contributed by atoms with Gasteiger partial charge in [0.25, 0.3) is 10.2 Å². The van der Waals surface area contributed by atoms with Gasteiger partial charge in [-0.1, -0.05) is 29.3 Å². The van der Waals surface area contributed by atoms with Crippen LogP contribution in [0.3, 0.4) is 0 Å². The fraction of sp³-hybridized carbons (Fsp3) is 0.500. The van der Waals surface area contributed by atoms with Crippen LogP contribution in [0.4, 0.5) is 0 Å². The summed E-state index contributed by atoms with van der Waals surface area (Å²) >= 11 is 11.9. The molecule has 0 bridgehead atoms. The van der Waals surface area contributed by atoms with E-state index in [4.69, 9.17) is 27.9 Å². The summed E-state index contributed by atoms with van der Waals surface area (Å²) in [7, 11) is -0.406. The third-order valence-electron chi connectivity index (χ3n) is 3.13. The van der Waals surface area contributed by atoms with Gasteiger partial charge in [0.1, 0.15) is 0 Å². The topological polar surface area (TPSA) is 49.9 Å². The summed E-state index contributed by atoms with van der Waals surface area (Å²) in [5.41, 5.74) is 0.818. The first-order valence-electron chi connectivity index (χ1n) is 6.06. The minimum Gasteiger partial charge on any atom is -0.371 e. The van der Waals surface area contributed by atoms with Crippen molar-refractivity contribution in [3.63, 3.8) is 0 Å². The zero-order valence-corrected chi connectivity index (χ0v) is 13.5. The molecule has 0 amide bonds. The van der Waals surface area contributed by atoms with Crippen LogP contribution >= 0.6 is 23.2 Å². The second-order valence-electron chi connectivity index (χ2n) is 4.68. The predicted molar refractivity (Wildman–Crippen MR) is 79.3 cm³/mol. The van der Waals surface area contributed by atoms with Crippen LogP contribution < -0.4 is 0 Å². The Morgan fingerprint density at radius 1 is 1.30 bits per heavy atom. The zero-order chi connectivity index (χ0) is 14.9. The van der Waals surface area contributed by atoms with E-state index < -0.39 is 10.2 Å². The van der Waals surface area contributed by atoms with Gasteiger partial charge in [0, 0.05) is 27.2 Å². The molecule has 0 aliphatic carbocycles. The molecular weight excluding hydrogens is 323 g/mol. The Morgan fingerprint density at radius 2 is 2.00 bits per heavy atom. The smallest absolute Gasteiger partial charge is 0.281 e. The fourth-order valence-corrected chi connectivity index (χ4v) is 3.38. The van der Waals surface area contributed by atoms with Crippen LogP contribution in [0.5, 0.6) is 0 Å². The van der Waals surface area contributed by atoms with Gasteiger partial charge < -0.3 is 4.74 Å². The summed E-state index contributed by atoms with van der Waals surface area (Å²) in [6.45, 7) is 0.953. The second kappa shape index (κ2) is 6.17. The fourth-order valence-electron chi connectivity index (χ4n) is 1.98. The van der Waals surface area contributed by atoms with Gasteiger partial charge in [0.2, 0.25) is 0 Å². The highest BCUT2D eigenvalue weighted by Crippen LogP contribution is 2.29. The zero-order valence-electron chi connectivity index (χ0n) is 11.2. The van der Waals surface area contributed by atoms with Crippen molar-refractivity contribution in [1.82, 2.24) is 8.61 Å². The lowest BCUT2D eigenvalue weighted by Gasteiger charge is -2.33. The number of ether oxygens (including phenoxy) is 1. The summed E-state index contributed by atoms with van der Waals surface area (Å²) in [5.74, 6) is 0. The maximum absolute atomic E-state index is 12.1. The first-order chi connectivity index (χ1) is 9.32. The van der Waals surface area contributed by atoms with E-state index in [2.05, 4.69) is 0 Å². The normalized spacial score (nSPS) is 21.4. The summed E-state index contributed by atoms with van der Waals surface area (Å²) in [6.07, 6.45) is -0.340. The monoisotopic (exact) mass is 338 g/mol. The summed E-state index contributed by atoms with van der Waals surface area (Å²) in [5, 5.41) is 0.893. The molecule has 1 fully saturated rings. The lowest BCUT2D eigenvalue weighted by molar-refractivity contribution is -0.00386. The first kappa shape index (κ1) is 16.0. The molecule has 0 radical (unpaired) electrons. The Morgan fingerprint density at radius 3 is 2.60 bits per heavy atom. The van der Waals surface area contributed by atoms with Crippen molar-refractivity contribution in [2.75, 3.05) is 33.8 Å². The molecule has 1 atom stereocenters. The number of hydrogen-bond acceptors (Lipinski definition) is 3. The maximum atomic E-state index is 12.1. The Labute approximate surface area is 129 Å². The predicted octanol–water partition coefficient (Wildman–Crippen LogP) is 2.17. The van der Waals surface area contributed by atoms with Crippen LogP contribution in [0, 0.1) is 0 Å². The quantitative estimate of drug-likeness (QED) is 0.848. The third kappa shape index (κ3) is 3.27. The number of halogens is 2. The minimum atomic E-state index is -3.43. The van der Waals surface area contributed by atoms with Crippen LogP contribution in [-0.4, -0.2) is 50.8 Å². The van der Waals surface area contributed by atoms with Gasteiger partial charge in [0.05, 0.1) is 22.8 Å². The lowest BCUT2D eigenvalue weighted by Crippen LogP contribution is -2.47. The van der Waals surface area contributed by atoms with Gasteiger partial charge in [0.15, 0.2) is 0 Å². The highest BCUT2D eigenvalue weighted by molar-refractivity contribution is 7.86. The highest BCUT2D eigenvalue weighted by Gasteiger charge is 2.31. The highest BCUT2D eigenvalue weighted by atomic mass is 35.5. The molecule has 20 heavy (non-hydrogen) atoms. The van der Waals surface area contributed by atoms with Crippen LogP contribution in [0.15, 0.2) is 18.2 Å². The number of hydrogen-bond donors (Lipinski definition) is 0. The SMILES string of the molecule is CN(C)S(=O)(=O)N1CCO[C@@H](c2ccc(Cl)c(Cl)c2)C1. The molecule has 1 aromatic rings. The Balaban J connectivity index is 2.20. The van der Waals surface area contributed by atoms with Gasteiger partial charge in [-0.3, -0.25) is 0 Å². The molecule has 112 valence electrons. The van der Waals surface area contributed by atoms with E-state index >= 15 is 0 Å². The minimum absolute atomic E-state index is 0.262. The van der Waals surface area contributed by atoms with Crippen molar-refractivity contribution >= 4 is 33.4 Å². The Bertz CT molecular complexity index is 592. The third-order valence-corrected chi connectivity index (χ3v) is 5.78. The molecule has 0 aromatic heterocycles. The number of rotatable bonds is 3. The van der Waals surface area contributed by atoms with Crippen molar-refractivity contribution in [2.24, 2.45) is 0 Å². The molecule has 1 heterocycles. The molecule has 8 heteroatoms. The second-order valence-corrected chi connectivity index (χ2v) is 7.64. The molecule has 0 saturated carbocycles. The Kier molecular flexibility index (Phi) is 4.94. The average Bonchev–Trinajstić information content (AvgIpc) is 2.42. The summed E-state index contributed by atoms with van der Waals surface area (Å²) < 4.78 is 32.5. The number of nitrogens with zero attached hydrogens (tertiary/aromatic N) is 2. The molecule has 2 rings (SSSR count). The molecule has 1 aromatic carbocycles. The van der Waals surface area contributed by atoms with Gasteiger partial charge in [-0.15, -0.1) is 0 Å². The first-order valence-corrected chi connectivity index (χ1v) is 8.22. The summed E-state index contributed by atoms with van der Waals surface area (Å²) in [4.78, 5) is 0. The van der Waals surface area contributed by atoms with E-state index in [9.17, 15) is 8.42 Å². The van der Waals surface area contributed by atoms with E-state index in [1.165, 1.54) is 22.7 Å². The molecule has 0 N–H and O–H groups in total. The molecule has 1 saturated heterocycles. The van der Waals surface area contributed by atoms with Crippen molar-refractivity contribution in [2.45, 2.75) is 6.10 Å². The standard InChI is InChI=1S/C12H16Cl2N2O3S/c1-15(2)20(17,18)16-5-6-19-12(8-16)9-3-4-10(13)11(14)7-9/h3-4,7,12H,5-6,8H2,1-2H3/t12-/m1/s1. The molecule has 0 spiro atoms. The van der Waals surface area contributed by atoms with Crippen molar-refractivity contribution < 1.29 is 13.2 Å². The summed E-state index contributed by atoms with van der Waals surface area (Å²) in [6, 6.07) is 5.19. The Hall–Kier alpha value is -0.370. The van der Waals surface area contributed by atoms with Gasteiger partial charge in [-0.25, -0.2) is 0 Å². The van der Waals surface area contributed by atoms with E-state index in [-0.39, 0.29) is 12.6 Å². The average molecular weight is 339 g/mol. The van der Waals surface area contributed by atoms with Crippen molar-refractivity contribution in [1.29, 1.82) is 0 Å². The van der Waals surface area contributed by atoms with Gasteiger partial charge >= 0.3 is 0 Å². The van der Waals surface area contributed by atoms with Crippen LogP contribution in [0.25, 0.3) is 0 Å². The molecule has 1 aliphatic heterocycles. The van der Waals surface area contributed by atoms with Crippen LogP contribution in [0.1, 0.15) is 11.7 Å². The molecule has 5 nitrogen and oxygen atoms in total. The van der Waals surface area contributed by atoms with Gasteiger partial charge in [-0.2, -0.15) is 17.0 Å². The van der Waals surface area contributed by atoms with E-state index in [1.54, 1.807) is 18.2 Å². The van der Waals surface area contributed by atoms with E-state index in [0.29, 0.717) is 23.2 Å². The molecule has 1 aliphatic rings. The lowest BCUT2D eigenvalue weighted by atomic mass is 10.1. The largest absolute Gasteiger partial charge is 0.371 e. The van der Waals surface area contributed by atoms with Crippen molar-refractivity contribution in [3.05, 3.63) is 33.8 Å². The van der Waals surface area contributed by atoms with Crippen LogP contribution in [-0.2, 0) is 14.9 Å². The van der Waals surface area contributed by atoms with E-state index in [0.717, 1.165) is 5.56 Å². The number of morpholine rings is 1. The van der Waals surface area contributed by atoms with Gasteiger partial charge in [-0.05, 0) is 17.7 Å². The van der Waals surface area contributed by atoms with Crippen LogP contribution in [0.2, 0.25) is 10.0 Å². The van der Waals surface area contributed by atoms with Crippen molar-refractivity contribution in [3.8, 4) is 0 Å².